The number of pyridine rings is 2. The number of aromatic nitrogens is 2. The number of nitrogens with zero attached hydrogens (tertiary/aromatic N) is 3. The van der Waals surface area contributed by atoms with E-state index in [0.717, 1.165) is 17.0 Å². The zero-order valence-electron chi connectivity index (χ0n) is 11.3. The third-order valence-corrected chi connectivity index (χ3v) is 2.91. The SMILES string of the molecule is [2H]c1cnc2ccc(N(CN)c3ccccc3)nc2c1. The number of para-hydroxylation sites is 1. The van der Waals surface area contributed by atoms with Gasteiger partial charge in [0.1, 0.15) is 5.82 Å². The van der Waals surface area contributed by atoms with Crippen molar-refractivity contribution in [3.8, 4) is 0 Å². The first-order valence-corrected chi connectivity index (χ1v) is 6.04. The monoisotopic (exact) mass is 251 g/mol. The highest BCUT2D eigenvalue weighted by Crippen LogP contribution is 2.23. The van der Waals surface area contributed by atoms with Gasteiger partial charge >= 0.3 is 0 Å². The molecule has 0 saturated carbocycles. The van der Waals surface area contributed by atoms with Crippen molar-refractivity contribution in [2.75, 3.05) is 11.6 Å². The molecule has 19 heavy (non-hydrogen) atoms. The molecule has 0 aliphatic rings. The third-order valence-electron chi connectivity index (χ3n) is 2.91. The van der Waals surface area contributed by atoms with Gasteiger partial charge in [-0.1, -0.05) is 18.2 Å². The van der Waals surface area contributed by atoms with E-state index in [-0.39, 0.29) is 0 Å². The summed E-state index contributed by atoms with van der Waals surface area (Å²) < 4.78 is 7.62. The molecule has 0 saturated heterocycles. The average molecular weight is 251 g/mol. The van der Waals surface area contributed by atoms with Crippen LogP contribution < -0.4 is 10.6 Å². The fourth-order valence-electron chi connectivity index (χ4n) is 1.98. The molecule has 4 heteroatoms. The van der Waals surface area contributed by atoms with E-state index in [1.165, 1.54) is 6.20 Å². The summed E-state index contributed by atoms with van der Waals surface area (Å²) in [6.07, 6.45) is 1.52. The van der Waals surface area contributed by atoms with E-state index in [4.69, 9.17) is 7.10 Å². The lowest BCUT2D eigenvalue weighted by Gasteiger charge is -2.21. The molecule has 2 heterocycles. The quantitative estimate of drug-likeness (QED) is 0.727. The number of fused-ring (bicyclic) bond motifs is 1. The smallest absolute Gasteiger partial charge is 0.134 e. The molecule has 2 N–H and O–H groups in total. The molecule has 0 atom stereocenters. The topological polar surface area (TPSA) is 55.0 Å². The predicted octanol–water partition coefficient (Wildman–Crippen LogP) is 2.68. The molecule has 4 nitrogen and oxygen atoms in total. The van der Waals surface area contributed by atoms with Crippen molar-refractivity contribution in [3.05, 3.63) is 60.8 Å². The van der Waals surface area contributed by atoms with Gasteiger partial charge < -0.3 is 10.6 Å². The molecule has 3 rings (SSSR count). The van der Waals surface area contributed by atoms with Crippen LogP contribution in [0.15, 0.2) is 60.8 Å². The lowest BCUT2D eigenvalue weighted by molar-refractivity contribution is 0.961. The standard InChI is InChI=1S/C15H14N4/c16-11-19(12-5-2-1-3-6-12)15-9-8-13-14(18-15)7-4-10-17-13/h1-10H,11,16H2/i4D. The van der Waals surface area contributed by atoms with Crippen molar-refractivity contribution in [1.82, 2.24) is 9.97 Å². The van der Waals surface area contributed by atoms with E-state index in [1.54, 1.807) is 6.07 Å². The minimum absolute atomic E-state index is 0.330. The molecule has 1 aromatic carbocycles. The Morgan fingerprint density at radius 1 is 1.05 bits per heavy atom. The Balaban J connectivity index is 2.08. The molecule has 3 aromatic rings. The molecule has 2 aromatic heterocycles. The molecule has 0 bridgehead atoms. The van der Waals surface area contributed by atoms with Crippen molar-refractivity contribution in [2.24, 2.45) is 5.73 Å². The normalized spacial score (nSPS) is 11.3. The van der Waals surface area contributed by atoms with Gasteiger partial charge in [-0.25, -0.2) is 4.98 Å². The maximum absolute atomic E-state index is 7.62. The summed E-state index contributed by atoms with van der Waals surface area (Å²) in [5.74, 6) is 0.749. The van der Waals surface area contributed by atoms with Gasteiger partial charge in [0, 0.05) is 11.9 Å². The van der Waals surface area contributed by atoms with Gasteiger partial charge in [-0.05, 0) is 36.4 Å². The van der Waals surface area contributed by atoms with E-state index in [1.807, 2.05) is 47.4 Å². The van der Waals surface area contributed by atoms with E-state index in [2.05, 4.69) is 9.97 Å². The minimum Gasteiger partial charge on any atom is -0.314 e. The summed E-state index contributed by atoms with van der Waals surface area (Å²) in [4.78, 5) is 10.6. The second-order valence-electron chi connectivity index (χ2n) is 4.09. The van der Waals surface area contributed by atoms with Gasteiger partial charge in [0.05, 0.1) is 19.1 Å². The lowest BCUT2D eigenvalue weighted by atomic mass is 10.2. The molecular weight excluding hydrogens is 236 g/mol. The van der Waals surface area contributed by atoms with Gasteiger partial charge in [0.25, 0.3) is 0 Å². The van der Waals surface area contributed by atoms with Crippen LogP contribution in [-0.4, -0.2) is 16.6 Å². The minimum atomic E-state index is 0.330. The number of rotatable bonds is 3. The van der Waals surface area contributed by atoms with E-state index < -0.39 is 0 Å². The highest BCUT2D eigenvalue weighted by molar-refractivity contribution is 5.77. The van der Waals surface area contributed by atoms with Crippen LogP contribution in [0, 0.1) is 0 Å². The van der Waals surface area contributed by atoms with Crippen molar-refractivity contribution >= 4 is 22.5 Å². The first-order chi connectivity index (χ1) is 9.78. The average Bonchev–Trinajstić information content (AvgIpc) is 2.49. The molecule has 0 aliphatic carbocycles. The van der Waals surface area contributed by atoms with Gasteiger partial charge in [0.2, 0.25) is 0 Å². The van der Waals surface area contributed by atoms with Gasteiger partial charge in [-0.15, -0.1) is 0 Å². The Morgan fingerprint density at radius 3 is 2.68 bits per heavy atom. The second kappa shape index (κ2) is 5.04. The van der Waals surface area contributed by atoms with Crippen molar-refractivity contribution in [2.45, 2.75) is 0 Å². The third kappa shape index (κ3) is 2.26. The molecular formula is C15H14N4. The first kappa shape index (κ1) is 10.5. The summed E-state index contributed by atoms with van der Waals surface area (Å²) >= 11 is 0. The van der Waals surface area contributed by atoms with E-state index >= 15 is 0 Å². The number of hydrogen-bond donors (Lipinski definition) is 1. The molecule has 0 fully saturated rings. The van der Waals surface area contributed by atoms with Crippen LogP contribution in [0.4, 0.5) is 11.5 Å². The van der Waals surface area contributed by atoms with Gasteiger partial charge in [-0.3, -0.25) is 4.98 Å². The van der Waals surface area contributed by atoms with Crippen molar-refractivity contribution < 1.29 is 1.37 Å². The number of hydrogen-bond acceptors (Lipinski definition) is 4. The summed E-state index contributed by atoms with van der Waals surface area (Å²) in [6, 6.07) is 15.7. The van der Waals surface area contributed by atoms with Gasteiger partial charge in [0.15, 0.2) is 0 Å². The Bertz CT molecular complexity index is 730. The number of benzene rings is 1. The fraction of sp³-hybridized carbons (Fsp3) is 0.0667. The molecule has 0 amide bonds. The highest BCUT2D eigenvalue weighted by atomic mass is 15.2. The van der Waals surface area contributed by atoms with Gasteiger partial charge in [-0.2, -0.15) is 0 Å². The Morgan fingerprint density at radius 2 is 1.89 bits per heavy atom. The second-order valence-corrected chi connectivity index (χ2v) is 4.09. The largest absolute Gasteiger partial charge is 0.314 e. The van der Waals surface area contributed by atoms with E-state index in [0.29, 0.717) is 18.2 Å². The lowest BCUT2D eigenvalue weighted by Crippen LogP contribution is -2.25. The summed E-state index contributed by atoms with van der Waals surface area (Å²) in [5, 5.41) is 0. The Hall–Kier alpha value is -2.46. The van der Waals surface area contributed by atoms with Crippen molar-refractivity contribution in [3.63, 3.8) is 0 Å². The highest BCUT2D eigenvalue weighted by Gasteiger charge is 2.09. The summed E-state index contributed by atoms with van der Waals surface area (Å²) in [5.41, 5.74) is 8.30. The number of anilines is 2. The molecule has 0 radical (unpaired) electrons. The first-order valence-electron chi connectivity index (χ1n) is 6.54. The van der Waals surface area contributed by atoms with Crippen molar-refractivity contribution in [1.29, 1.82) is 0 Å². The summed E-state index contributed by atoms with van der Waals surface area (Å²) in [7, 11) is 0. The van der Waals surface area contributed by atoms with Crippen LogP contribution in [-0.2, 0) is 0 Å². The molecule has 0 unspecified atom stereocenters. The fourth-order valence-corrected chi connectivity index (χ4v) is 1.98. The van der Waals surface area contributed by atoms with Crippen LogP contribution in [0.5, 0.6) is 0 Å². The van der Waals surface area contributed by atoms with Crippen LogP contribution in [0.1, 0.15) is 1.37 Å². The molecule has 94 valence electrons. The zero-order chi connectivity index (χ0) is 13.9. The Kier molecular flexibility index (Phi) is 2.77. The van der Waals surface area contributed by atoms with Crippen LogP contribution >= 0.6 is 0 Å². The number of nitrogens with two attached hydrogens (primary N) is 1. The molecule has 0 aliphatic heterocycles. The predicted molar refractivity (Wildman–Crippen MR) is 77.2 cm³/mol. The van der Waals surface area contributed by atoms with Crippen LogP contribution in [0.25, 0.3) is 11.0 Å². The Labute approximate surface area is 112 Å². The maximum atomic E-state index is 7.62. The zero-order valence-corrected chi connectivity index (χ0v) is 10.3. The maximum Gasteiger partial charge on any atom is 0.134 e. The van der Waals surface area contributed by atoms with E-state index in [9.17, 15) is 0 Å². The molecule has 0 spiro atoms. The van der Waals surface area contributed by atoms with Crippen LogP contribution in [0.2, 0.25) is 0 Å². The van der Waals surface area contributed by atoms with Crippen LogP contribution in [0.3, 0.4) is 0 Å². The summed E-state index contributed by atoms with van der Waals surface area (Å²) in [6.45, 7) is 0.330.